The van der Waals surface area contributed by atoms with E-state index in [0.717, 1.165) is 42.9 Å². The maximum atomic E-state index is 12.6. The van der Waals surface area contributed by atoms with E-state index in [2.05, 4.69) is 29.7 Å². The summed E-state index contributed by atoms with van der Waals surface area (Å²) < 4.78 is 32.0. The van der Waals surface area contributed by atoms with E-state index in [1.54, 1.807) is 11.8 Å². The van der Waals surface area contributed by atoms with Crippen molar-refractivity contribution in [3.05, 3.63) is 35.9 Å². The van der Waals surface area contributed by atoms with Gasteiger partial charge in [-0.2, -0.15) is 0 Å². The maximum Gasteiger partial charge on any atom is 0.332 e. The molecule has 1 N–H and O–H groups in total. The molecule has 0 aromatic heterocycles. The number of piperidine rings is 1. The molecule has 29 heavy (non-hydrogen) atoms. The smallest absolute Gasteiger partial charge is 0.332 e. The molecule has 1 saturated carbocycles. The lowest BCUT2D eigenvalue weighted by Crippen LogP contribution is -2.53. The predicted molar refractivity (Wildman–Crippen MR) is 113 cm³/mol. The van der Waals surface area contributed by atoms with Crippen LogP contribution in [-0.4, -0.2) is 61.9 Å². The molecule has 0 unspecified atom stereocenters. The second-order valence-corrected chi connectivity index (χ2v) is 9.98. The Kier molecular flexibility index (Phi) is 7.91. The number of nitrogens with one attached hydrogen (secondary N) is 1. The van der Waals surface area contributed by atoms with Gasteiger partial charge in [-0.15, -0.1) is 4.41 Å². The molecular formula is C21H33N3O4S. The number of ether oxygens (including phenoxy) is 1. The zero-order valence-corrected chi connectivity index (χ0v) is 18.1. The Balaban J connectivity index is 1.37. The minimum atomic E-state index is -3.60. The van der Waals surface area contributed by atoms with Crippen LogP contribution in [0.4, 0.5) is 4.79 Å². The molecular weight excluding hydrogens is 390 g/mol. The van der Waals surface area contributed by atoms with E-state index in [9.17, 15) is 13.2 Å². The lowest BCUT2D eigenvalue weighted by Gasteiger charge is -2.35. The quantitative estimate of drug-likeness (QED) is 0.620. The number of benzene rings is 1. The topological polar surface area (TPSA) is 79.0 Å². The van der Waals surface area contributed by atoms with Crippen molar-refractivity contribution in [1.82, 2.24) is 14.7 Å². The van der Waals surface area contributed by atoms with E-state index in [4.69, 9.17) is 4.74 Å². The number of sulfonamides is 1. The van der Waals surface area contributed by atoms with Crippen LogP contribution in [0.2, 0.25) is 0 Å². The van der Waals surface area contributed by atoms with Crippen molar-refractivity contribution in [2.75, 3.05) is 32.0 Å². The fourth-order valence-electron chi connectivity index (χ4n) is 3.97. The molecule has 7 nitrogen and oxygen atoms in total. The first-order chi connectivity index (χ1) is 14.0. The Hall–Kier alpha value is -1.64. The molecule has 1 aromatic rings. The third-order valence-corrected chi connectivity index (χ3v) is 7.44. The normalized spacial score (nSPS) is 22.3. The van der Waals surface area contributed by atoms with Crippen LogP contribution in [0.3, 0.4) is 0 Å². The molecule has 0 radical (unpaired) electrons. The van der Waals surface area contributed by atoms with Gasteiger partial charge in [0.1, 0.15) is 0 Å². The highest BCUT2D eigenvalue weighted by Crippen LogP contribution is 2.32. The summed E-state index contributed by atoms with van der Waals surface area (Å²) in [6, 6.07) is 10.1. The fraction of sp³-hybridized carbons (Fsp3) is 0.667. The van der Waals surface area contributed by atoms with Crippen molar-refractivity contribution >= 4 is 16.1 Å². The summed E-state index contributed by atoms with van der Waals surface area (Å²) in [5.74, 6) is 0.482. The van der Waals surface area contributed by atoms with E-state index in [1.807, 2.05) is 6.07 Å². The van der Waals surface area contributed by atoms with Gasteiger partial charge in [0.05, 0.1) is 18.5 Å². The number of rotatable bonds is 9. The van der Waals surface area contributed by atoms with Gasteiger partial charge in [0.25, 0.3) is 0 Å². The Morgan fingerprint density at radius 2 is 1.86 bits per heavy atom. The van der Waals surface area contributed by atoms with Gasteiger partial charge in [-0.3, -0.25) is 5.43 Å². The van der Waals surface area contributed by atoms with E-state index < -0.39 is 10.0 Å². The summed E-state index contributed by atoms with van der Waals surface area (Å²) in [5.41, 5.74) is 3.89. The fourth-order valence-corrected chi connectivity index (χ4v) is 5.11. The minimum Gasteiger partial charge on any atom is -0.377 e. The highest BCUT2D eigenvalue weighted by Gasteiger charge is 2.31. The highest BCUT2D eigenvalue weighted by atomic mass is 32.2. The maximum absolute atomic E-state index is 12.6. The molecule has 1 heterocycles. The van der Waals surface area contributed by atoms with Gasteiger partial charge in [0, 0.05) is 19.6 Å². The molecule has 2 aliphatic rings. The minimum absolute atomic E-state index is 0.124. The van der Waals surface area contributed by atoms with Crippen molar-refractivity contribution in [1.29, 1.82) is 0 Å². The van der Waals surface area contributed by atoms with Gasteiger partial charge in [-0.1, -0.05) is 30.3 Å². The molecule has 0 spiro atoms. The zero-order valence-electron chi connectivity index (χ0n) is 17.3. The van der Waals surface area contributed by atoms with Crippen molar-refractivity contribution in [2.24, 2.45) is 5.92 Å². The number of nitrogens with zero attached hydrogens (tertiary/aromatic N) is 2. The molecule has 2 fully saturated rings. The molecule has 1 aliphatic heterocycles. The van der Waals surface area contributed by atoms with Crippen molar-refractivity contribution in [3.8, 4) is 0 Å². The third-order valence-electron chi connectivity index (χ3n) is 5.74. The summed E-state index contributed by atoms with van der Waals surface area (Å²) >= 11 is 0. The Bertz CT molecular complexity index is 744. The molecule has 8 heteroatoms. The monoisotopic (exact) mass is 423 g/mol. The van der Waals surface area contributed by atoms with E-state index in [0.29, 0.717) is 19.0 Å². The Morgan fingerprint density at radius 1 is 1.17 bits per heavy atom. The molecule has 1 saturated heterocycles. The van der Waals surface area contributed by atoms with Crippen LogP contribution in [-0.2, 0) is 21.2 Å². The summed E-state index contributed by atoms with van der Waals surface area (Å²) in [6.45, 7) is 3.43. The van der Waals surface area contributed by atoms with Crippen LogP contribution < -0.4 is 5.43 Å². The third kappa shape index (κ3) is 6.42. The molecule has 1 aliphatic carbocycles. The van der Waals surface area contributed by atoms with Crippen LogP contribution in [0.15, 0.2) is 30.3 Å². The van der Waals surface area contributed by atoms with Gasteiger partial charge in [-0.25, -0.2) is 13.2 Å². The van der Waals surface area contributed by atoms with Crippen molar-refractivity contribution in [3.63, 3.8) is 0 Å². The lowest BCUT2D eigenvalue weighted by atomic mass is 9.78. The molecule has 1 aromatic carbocycles. The number of hydrogen-bond donors (Lipinski definition) is 1. The first kappa shape index (κ1) is 22.1. The summed E-state index contributed by atoms with van der Waals surface area (Å²) in [5, 5.41) is 0. The molecule has 2 amide bonds. The number of hydrazine groups is 1. The van der Waals surface area contributed by atoms with Gasteiger partial charge in [0.15, 0.2) is 0 Å². The molecule has 0 atom stereocenters. The summed E-state index contributed by atoms with van der Waals surface area (Å²) in [7, 11) is -3.60. The van der Waals surface area contributed by atoms with E-state index in [1.165, 1.54) is 5.56 Å². The largest absolute Gasteiger partial charge is 0.377 e. The van der Waals surface area contributed by atoms with Crippen LogP contribution in [0, 0.1) is 5.92 Å². The highest BCUT2D eigenvalue weighted by molar-refractivity contribution is 7.89. The second-order valence-electron chi connectivity index (χ2n) is 7.97. The van der Waals surface area contributed by atoms with Crippen LogP contribution in [0.25, 0.3) is 0 Å². The van der Waals surface area contributed by atoms with Gasteiger partial charge < -0.3 is 9.64 Å². The summed E-state index contributed by atoms with van der Waals surface area (Å²) in [4.78, 5) is 14.0. The number of hydrogen-bond acceptors (Lipinski definition) is 4. The zero-order chi connectivity index (χ0) is 20.7. The molecule has 162 valence electrons. The van der Waals surface area contributed by atoms with E-state index >= 15 is 0 Å². The van der Waals surface area contributed by atoms with Crippen LogP contribution in [0.1, 0.15) is 44.6 Å². The Labute approximate surface area is 174 Å². The number of amides is 2. The number of urea groups is 1. The lowest BCUT2D eigenvalue weighted by molar-refractivity contribution is -0.0234. The average Bonchev–Trinajstić information content (AvgIpc) is 2.71. The Morgan fingerprint density at radius 3 is 2.52 bits per heavy atom. The molecule has 3 rings (SSSR count). The van der Waals surface area contributed by atoms with Gasteiger partial charge >= 0.3 is 6.03 Å². The van der Waals surface area contributed by atoms with Crippen LogP contribution >= 0.6 is 0 Å². The van der Waals surface area contributed by atoms with Crippen molar-refractivity contribution in [2.45, 2.75) is 51.6 Å². The second kappa shape index (κ2) is 10.4. The predicted octanol–water partition coefficient (Wildman–Crippen LogP) is 2.79. The first-order valence-electron chi connectivity index (χ1n) is 10.7. The number of carbonyl (C=O) groups is 1. The van der Waals surface area contributed by atoms with Gasteiger partial charge in [0.2, 0.25) is 10.0 Å². The van der Waals surface area contributed by atoms with E-state index in [-0.39, 0.29) is 31.0 Å². The first-order valence-corrected chi connectivity index (χ1v) is 12.3. The number of carbonyl (C=O) groups excluding carboxylic acids is 1. The molecule has 0 bridgehead atoms. The summed E-state index contributed by atoms with van der Waals surface area (Å²) in [6.07, 6.45) is 6.17. The SMILES string of the molecule is CCN(NC(=O)N1CCCCC1)S(=O)(=O)CCOC1CC(Cc2ccccc2)C1. The van der Waals surface area contributed by atoms with Crippen LogP contribution in [0.5, 0.6) is 0 Å². The standard InChI is InChI=1S/C21H33N3O4S/c1-2-24(22-21(25)23-11-7-4-8-12-23)29(26,27)14-13-28-20-16-19(17-20)15-18-9-5-3-6-10-18/h3,5-6,9-10,19-20H,2,4,7-8,11-17H2,1H3,(H,22,25). The van der Waals surface area contributed by atoms with Gasteiger partial charge in [-0.05, 0) is 56.9 Å². The average molecular weight is 424 g/mol. The van der Waals surface area contributed by atoms with Crippen molar-refractivity contribution < 1.29 is 17.9 Å². The number of likely N-dealkylation sites (tertiary alicyclic amines) is 1.